The molecule has 0 unspecified atom stereocenters. The third-order valence-electron chi connectivity index (χ3n) is 3.08. The summed E-state index contributed by atoms with van der Waals surface area (Å²) in [6.45, 7) is 3.15. The number of rotatable bonds is 5. The van der Waals surface area contributed by atoms with Crippen LogP contribution in [0, 0.1) is 6.92 Å². The van der Waals surface area contributed by atoms with Crippen molar-refractivity contribution in [3.05, 3.63) is 58.6 Å². The lowest BCUT2D eigenvalue weighted by molar-refractivity contribution is -0.118. The number of carbonyl (C=O) groups is 2. The van der Waals surface area contributed by atoms with Crippen LogP contribution in [0.15, 0.2) is 42.5 Å². The Kier molecular flexibility index (Phi) is 5.17. The van der Waals surface area contributed by atoms with Gasteiger partial charge in [-0.3, -0.25) is 9.59 Å². The highest BCUT2D eigenvalue weighted by molar-refractivity contribution is 6.31. The second kappa shape index (κ2) is 7.09. The van der Waals surface area contributed by atoms with Crippen LogP contribution >= 0.6 is 11.6 Å². The van der Waals surface area contributed by atoms with Gasteiger partial charge in [0.1, 0.15) is 5.75 Å². The average molecular weight is 318 g/mol. The number of hydrogen-bond acceptors (Lipinski definition) is 3. The second-order valence-corrected chi connectivity index (χ2v) is 5.26. The number of amides is 1. The van der Waals surface area contributed by atoms with E-state index in [4.69, 9.17) is 16.3 Å². The first-order valence-corrected chi connectivity index (χ1v) is 7.14. The fraction of sp³-hybridized carbons (Fsp3) is 0.176. The van der Waals surface area contributed by atoms with Gasteiger partial charge in [0.05, 0.1) is 5.56 Å². The van der Waals surface area contributed by atoms with Crippen LogP contribution in [0.4, 0.5) is 5.69 Å². The van der Waals surface area contributed by atoms with Crippen molar-refractivity contribution in [3.8, 4) is 5.75 Å². The summed E-state index contributed by atoms with van der Waals surface area (Å²) in [5, 5.41) is 3.28. The van der Waals surface area contributed by atoms with Crippen LogP contribution in [0.2, 0.25) is 5.02 Å². The Morgan fingerprint density at radius 1 is 1.18 bits per heavy atom. The van der Waals surface area contributed by atoms with Gasteiger partial charge in [-0.2, -0.15) is 0 Å². The zero-order chi connectivity index (χ0) is 16.1. The Morgan fingerprint density at radius 2 is 1.91 bits per heavy atom. The minimum absolute atomic E-state index is 0.110. The standard InChI is InChI=1S/C17H16ClNO3/c1-11-7-8-13(9-15(11)18)19-17(21)10-22-16-6-4-3-5-14(16)12(2)20/h3-9H,10H2,1-2H3,(H,19,21). The number of carbonyl (C=O) groups excluding carboxylic acids is 2. The molecule has 1 amide bonds. The number of anilines is 1. The lowest BCUT2D eigenvalue weighted by Crippen LogP contribution is -2.20. The highest BCUT2D eigenvalue weighted by Crippen LogP contribution is 2.20. The largest absolute Gasteiger partial charge is 0.483 e. The van der Waals surface area contributed by atoms with Crippen molar-refractivity contribution in [2.75, 3.05) is 11.9 Å². The molecule has 0 heterocycles. The van der Waals surface area contributed by atoms with Crippen LogP contribution in [0.1, 0.15) is 22.8 Å². The molecule has 0 aliphatic rings. The van der Waals surface area contributed by atoms with Crippen LogP contribution in [-0.4, -0.2) is 18.3 Å². The smallest absolute Gasteiger partial charge is 0.262 e. The quantitative estimate of drug-likeness (QED) is 0.852. The van der Waals surface area contributed by atoms with E-state index in [0.29, 0.717) is 22.0 Å². The molecular formula is C17H16ClNO3. The Labute approximate surface area is 134 Å². The van der Waals surface area contributed by atoms with Crippen LogP contribution < -0.4 is 10.1 Å². The molecular weight excluding hydrogens is 302 g/mol. The lowest BCUT2D eigenvalue weighted by atomic mass is 10.1. The van der Waals surface area contributed by atoms with E-state index in [-0.39, 0.29) is 18.3 Å². The molecule has 0 atom stereocenters. The molecule has 5 heteroatoms. The first-order valence-electron chi connectivity index (χ1n) is 6.76. The Morgan fingerprint density at radius 3 is 2.59 bits per heavy atom. The fourth-order valence-electron chi connectivity index (χ4n) is 1.89. The predicted octanol–water partition coefficient (Wildman–Crippen LogP) is 3.87. The van der Waals surface area contributed by atoms with E-state index in [0.717, 1.165) is 5.56 Å². The first kappa shape index (κ1) is 16.0. The van der Waals surface area contributed by atoms with Crippen LogP contribution in [0.3, 0.4) is 0 Å². The second-order valence-electron chi connectivity index (χ2n) is 4.85. The summed E-state index contributed by atoms with van der Waals surface area (Å²) in [4.78, 5) is 23.4. The van der Waals surface area contributed by atoms with E-state index in [1.807, 2.05) is 13.0 Å². The zero-order valence-electron chi connectivity index (χ0n) is 12.4. The van der Waals surface area contributed by atoms with E-state index in [2.05, 4.69) is 5.32 Å². The summed E-state index contributed by atoms with van der Waals surface area (Å²) < 4.78 is 5.42. The van der Waals surface area contributed by atoms with E-state index in [1.165, 1.54) is 6.92 Å². The van der Waals surface area contributed by atoms with Gasteiger partial charge in [0, 0.05) is 10.7 Å². The van der Waals surface area contributed by atoms with Crippen molar-refractivity contribution < 1.29 is 14.3 Å². The van der Waals surface area contributed by atoms with Crippen LogP contribution in [0.25, 0.3) is 0 Å². The number of benzene rings is 2. The number of hydrogen-bond donors (Lipinski definition) is 1. The minimum atomic E-state index is -0.321. The molecule has 0 saturated heterocycles. The molecule has 0 saturated carbocycles. The van der Waals surface area contributed by atoms with Crippen LogP contribution in [0.5, 0.6) is 5.75 Å². The molecule has 114 valence electrons. The number of aryl methyl sites for hydroxylation is 1. The number of nitrogens with one attached hydrogen (secondary N) is 1. The van der Waals surface area contributed by atoms with Gasteiger partial charge in [0.2, 0.25) is 0 Å². The number of Topliss-reactive ketones (excluding diaryl/α,β-unsaturated/α-hetero) is 1. The molecule has 0 fully saturated rings. The molecule has 0 bridgehead atoms. The zero-order valence-corrected chi connectivity index (χ0v) is 13.1. The van der Waals surface area contributed by atoms with Crippen molar-refractivity contribution in [1.82, 2.24) is 0 Å². The summed E-state index contributed by atoms with van der Waals surface area (Å²) in [5.74, 6) is -0.0355. The maximum absolute atomic E-state index is 11.9. The SMILES string of the molecule is CC(=O)c1ccccc1OCC(=O)Nc1ccc(C)c(Cl)c1. The molecule has 4 nitrogen and oxygen atoms in total. The van der Waals surface area contributed by atoms with Gasteiger partial charge < -0.3 is 10.1 Å². The monoisotopic (exact) mass is 317 g/mol. The highest BCUT2D eigenvalue weighted by Gasteiger charge is 2.10. The van der Waals surface area contributed by atoms with Crippen molar-refractivity contribution in [2.45, 2.75) is 13.8 Å². The molecule has 22 heavy (non-hydrogen) atoms. The highest BCUT2D eigenvalue weighted by atomic mass is 35.5. The van der Waals surface area contributed by atoms with E-state index in [1.54, 1.807) is 36.4 Å². The normalized spacial score (nSPS) is 10.1. The van der Waals surface area contributed by atoms with Gasteiger partial charge in [-0.25, -0.2) is 0 Å². The molecule has 0 aliphatic heterocycles. The molecule has 2 rings (SSSR count). The number of halogens is 1. The summed E-state index contributed by atoms with van der Waals surface area (Å²) >= 11 is 6.01. The van der Waals surface area contributed by atoms with Gasteiger partial charge in [-0.15, -0.1) is 0 Å². The van der Waals surface area contributed by atoms with Gasteiger partial charge in [-0.1, -0.05) is 29.8 Å². The molecule has 2 aromatic rings. The number of ether oxygens (including phenoxy) is 1. The van der Waals surface area contributed by atoms with Gasteiger partial charge in [-0.05, 0) is 43.7 Å². The number of ketones is 1. The summed E-state index contributed by atoms with van der Waals surface area (Å²) in [6.07, 6.45) is 0. The third kappa shape index (κ3) is 4.09. The summed E-state index contributed by atoms with van der Waals surface area (Å²) in [6, 6.07) is 12.1. The minimum Gasteiger partial charge on any atom is -0.483 e. The predicted molar refractivity (Wildman–Crippen MR) is 86.8 cm³/mol. The van der Waals surface area contributed by atoms with Crippen molar-refractivity contribution in [3.63, 3.8) is 0 Å². The Balaban J connectivity index is 1.98. The number of para-hydroxylation sites is 1. The van der Waals surface area contributed by atoms with E-state index < -0.39 is 0 Å². The Bertz CT molecular complexity index is 713. The maximum atomic E-state index is 11.9. The molecule has 0 radical (unpaired) electrons. The topological polar surface area (TPSA) is 55.4 Å². The van der Waals surface area contributed by atoms with Crippen molar-refractivity contribution in [1.29, 1.82) is 0 Å². The maximum Gasteiger partial charge on any atom is 0.262 e. The third-order valence-corrected chi connectivity index (χ3v) is 3.49. The molecule has 0 aromatic heterocycles. The van der Waals surface area contributed by atoms with Crippen molar-refractivity contribution in [2.24, 2.45) is 0 Å². The van der Waals surface area contributed by atoms with Crippen LogP contribution in [-0.2, 0) is 4.79 Å². The van der Waals surface area contributed by atoms with E-state index in [9.17, 15) is 9.59 Å². The average Bonchev–Trinajstić information content (AvgIpc) is 2.49. The summed E-state index contributed by atoms with van der Waals surface area (Å²) in [5.41, 5.74) is 1.99. The lowest BCUT2D eigenvalue weighted by Gasteiger charge is -2.10. The molecule has 1 N–H and O–H groups in total. The van der Waals surface area contributed by atoms with Gasteiger partial charge in [0.25, 0.3) is 5.91 Å². The summed E-state index contributed by atoms with van der Waals surface area (Å²) in [7, 11) is 0. The molecule has 2 aromatic carbocycles. The molecule has 0 aliphatic carbocycles. The first-order chi connectivity index (χ1) is 10.5. The Hall–Kier alpha value is -2.33. The van der Waals surface area contributed by atoms with Gasteiger partial charge in [0.15, 0.2) is 12.4 Å². The van der Waals surface area contributed by atoms with E-state index >= 15 is 0 Å². The fourth-order valence-corrected chi connectivity index (χ4v) is 2.07. The molecule has 0 spiro atoms. The van der Waals surface area contributed by atoms with Crippen molar-refractivity contribution >= 4 is 29.0 Å². The van der Waals surface area contributed by atoms with Gasteiger partial charge >= 0.3 is 0 Å².